The second-order valence-corrected chi connectivity index (χ2v) is 8.70. The fraction of sp³-hybridized carbons (Fsp3) is 0.440. The summed E-state index contributed by atoms with van der Waals surface area (Å²) >= 11 is 0. The number of amides is 1. The van der Waals surface area contributed by atoms with E-state index in [2.05, 4.69) is 32.2 Å². The van der Waals surface area contributed by atoms with E-state index in [-0.39, 0.29) is 5.91 Å². The second kappa shape index (κ2) is 9.51. The quantitative estimate of drug-likeness (QED) is 0.586. The highest BCUT2D eigenvalue weighted by molar-refractivity contribution is 5.76. The van der Waals surface area contributed by atoms with E-state index >= 15 is 0 Å². The number of carbonyl (C=O) groups excluding carboxylic acids is 1. The third kappa shape index (κ3) is 4.66. The molecule has 1 aromatic carbocycles. The van der Waals surface area contributed by atoms with Crippen LogP contribution in [0.15, 0.2) is 53.2 Å². The van der Waals surface area contributed by atoms with Crippen molar-refractivity contribution in [2.24, 2.45) is 0 Å². The number of aryl methyl sites for hydroxylation is 1. The summed E-state index contributed by atoms with van der Waals surface area (Å²) in [6, 6.07) is 14.2. The highest BCUT2D eigenvalue weighted by Crippen LogP contribution is 2.33. The third-order valence-electron chi connectivity index (χ3n) is 6.58. The molecule has 0 bridgehead atoms. The average Bonchev–Trinajstić information content (AvgIpc) is 3.56. The Morgan fingerprint density at radius 3 is 2.50 bits per heavy atom. The molecule has 0 unspecified atom stereocenters. The van der Waals surface area contributed by atoms with E-state index in [9.17, 15) is 4.79 Å². The van der Waals surface area contributed by atoms with Crippen LogP contribution in [0.4, 0.5) is 5.82 Å². The van der Waals surface area contributed by atoms with Crippen LogP contribution in [0, 0.1) is 0 Å². The van der Waals surface area contributed by atoms with Crippen molar-refractivity contribution in [3.8, 4) is 11.4 Å². The van der Waals surface area contributed by atoms with Crippen LogP contribution in [0.3, 0.4) is 0 Å². The number of anilines is 1. The molecule has 32 heavy (non-hydrogen) atoms. The van der Waals surface area contributed by atoms with Gasteiger partial charge in [0, 0.05) is 50.3 Å². The largest absolute Gasteiger partial charge is 0.353 e. The first-order chi connectivity index (χ1) is 15.8. The molecule has 166 valence electrons. The monoisotopic (exact) mass is 431 g/mol. The molecule has 3 aromatic rings. The highest BCUT2D eigenvalue weighted by atomic mass is 16.5. The van der Waals surface area contributed by atoms with Crippen LogP contribution in [0.1, 0.15) is 49.5 Å². The molecule has 3 heterocycles. The number of hydrogen-bond acceptors (Lipinski definition) is 6. The van der Waals surface area contributed by atoms with Gasteiger partial charge in [-0.25, -0.2) is 4.98 Å². The Morgan fingerprint density at radius 2 is 1.78 bits per heavy atom. The van der Waals surface area contributed by atoms with Gasteiger partial charge in [-0.15, -0.1) is 0 Å². The van der Waals surface area contributed by atoms with Gasteiger partial charge in [-0.05, 0) is 37.0 Å². The molecule has 1 amide bonds. The maximum Gasteiger partial charge on any atom is 0.230 e. The first kappa shape index (κ1) is 20.7. The molecule has 0 atom stereocenters. The van der Waals surface area contributed by atoms with Gasteiger partial charge in [-0.3, -0.25) is 4.79 Å². The number of aromatic nitrogens is 3. The fourth-order valence-corrected chi connectivity index (χ4v) is 4.64. The molecule has 1 saturated carbocycles. The minimum Gasteiger partial charge on any atom is -0.353 e. The fourth-order valence-electron chi connectivity index (χ4n) is 4.64. The van der Waals surface area contributed by atoms with E-state index < -0.39 is 0 Å². The van der Waals surface area contributed by atoms with Gasteiger partial charge in [0.1, 0.15) is 5.82 Å². The lowest BCUT2D eigenvalue weighted by molar-refractivity contribution is -0.131. The third-order valence-corrected chi connectivity index (χ3v) is 6.58. The Labute approximate surface area is 188 Å². The van der Waals surface area contributed by atoms with Gasteiger partial charge in [0.15, 0.2) is 0 Å². The van der Waals surface area contributed by atoms with Crippen molar-refractivity contribution in [3.63, 3.8) is 0 Å². The molecule has 5 rings (SSSR count). The smallest absolute Gasteiger partial charge is 0.230 e. The van der Waals surface area contributed by atoms with Crippen molar-refractivity contribution in [2.75, 3.05) is 31.1 Å². The molecule has 1 aliphatic heterocycles. The Hall–Kier alpha value is -3.22. The zero-order valence-corrected chi connectivity index (χ0v) is 18.3. The summed E-state index contributed by atoms with van der Waals surface area (Å²) in [5, 5.41) is 4.16. The molecule has 2 fully saturated rings. The zero-order chi connectivity index (χ0) is 21.8. The van der Waals surface area contributed by atoms with Gasteiger partial charge >= 0.3 is 0 Å². The van der Waals surface area contributed by atoms with Crippen LogP contribution >= 0.6 is 0 Å². The summed E-state index contributed by atoms with van der Waals surface area (Å²) in [4.78, 5) is 26.0. The minimum atomic E-state index is 0.229. The van der Waals surface area contributed by atoms with E-state index in [1.165, 1.54) is 18.4 Å². The first-order valence-corrected chi connectivity index (χ1v) is 11.6. The van der Waals surface area contributed by atoms with E-state index in [0.29, 0.717) is 18.2 Å². The standard InChI is InChI=1S/C25H29N5O2/c31-23(13-10-19-6-2-1-3-7-19)30-16-14-29(15-17-30)22-12-11-21(18-26-22)24-27-25(32-28-24)20-8-4-5-9-20/h1-3,6-7,11-12,18,20H,4-5,8-10,13-17H2. The Morgan fingerprint density at radius 1 is 1.00 bits per heavy atom. The Balaban J connectivity index is 1.13. The van der Waals surface area contributed by atoms with Crippen molar-refractivity contribution in [3.05, 3.63) is 60.1 Å². The lowest BCUT2D eigenvalue weighted by Crippen LogP contribution is -2.49. The minimum absolute atomic E-state index is 0.229. The highest BCUT2D eigenvalue weighted by Gasteiger charge is 2.24. The van der Waals surface area contributed by atoms with Crippen molar-refractivity contribution < 1.29 is 9.32 Å². The summed E-state index contributed by atoms with van der Waals surface area (Å²) < 4.78 is 5.50. The molecule has 2 aliphatic rings. The molecule has 1 aliphatic carbocycles. The summed E-state index contributed by atoms with van der Waals surface area (Å²) in [5.41, 5.74) is 2.08. The van der Waals surface area contributed by atoms with Crippen LogP contribution in [-0.2, 0) is 11.2 Å². The van der Waals surface area contributed by atoms with Crippen molar-refractivity contribution >= 4 is 11.7 Å². The van der Waals surface area contributed by atoms with Crippen LogP contribution in [0.25, 0.3) is 11.4 Å². The molecule has 0 radical (unpaired) electrons. The van der Waals surface area contributed by atoms with Crippen LogP contribution < -0.4 is 4.90 Å². The maximum atomic E-state index is 12.6. The van der Waals surface area contributed by atoms with Crippen molar-refractivity contribution in [1.82, 2.24) is 20.0 Å². The summed E-state index contributed by atoms with van der Waals surface area (Å²) in [6.07, 6.45) is 7.93. The Bertz CT molecular complexity index is 1020. The second-order valence-electron chi connectivity index (χ2n) is 8.70. The number of carbonyl (C=O) groups is 1. The Kier molecular flexibility index (Phi) is 6.14. The number of benzene rings is 1. The van der Waals surface area contributed by atoms with Crippen molar-refractivity contribution in [2.45, 2.75) is 44.4 Å². The van der Waals surface area contributed by atoms with Crippen molar-refractivity contribution in [1.29, 1.82) is 0 Å². The van der Waals surface area contributed by atoms with E-state index in [4.69, 9.17) is 4.52 Å². The van der Waals surface area contributed by atoms with Gasteiger partial charge in [0.05, 0.1) is 0 Å². The SMILES string of the molecule is O=C(CCc1ccccc1)N1CCN(c2ccc(-c3noc(C4CCCC4)n3)cn2)CC1. The number of rotatable bonds is 6. The van der Waals surface area contributed by atoms with Gasteiger partial charge in [0.25, 0.3) is 0 Å². The van der Waals surface area contributed by atoms with Crippen LogP contribution in [-0.4, -0.2) is 52.1 Å². The molecular weight excluding hydrogens is 402 g/mol. The molecule has 2 aromatic heterocycles. The molecule has 7 heteroatoms. The lowest BCUT2D eigenvalue weighted by Gasteiger charge is -2.35. The number of nitrogens with zero attached hydrogens (tertiary/aromatic N) is 5. The van der Waals surface area contributed by atoms with Gasteiger partial charge < -0.3 is 14.3 Å². The van der Waals surface area contributed by atoms with Gasteiger partial charge in [-0.2, -0.15) is 4.98 Å². The maximum absolute atomic E-state index is 12.6. The van der Waals surface area contributed by atoms with E-state index in [1.54, 1.807) is 0 Å². The average molecular weight is 432 g/mol. The summed E-state index contributed by atoms with van der Waals surface area (Å²) in [6.45, 7) is 3.04. The van der Waals surface area contributed by atoms with E-state index in [1.807, 2.05) is 41.4 Å². The predicted molar refractivity (Wildman–Crippen MR) is 122 cm³/mol. The van der Waals surface area contributed by atoms with Crippen LogP contribution in [0.5, 0.6) is 0 Å². The topological polar surface area (TPSA) is 75.4 Å². The molecular formula is C25H29N5O2. The molecule has 1 saturated heterocycles. The summed E-state index contributed by atoms with van der Waals surface area (Å²) in [5.74, 6) is 2.93. The number of pyridine rings is 1. The lowest BCUT2D eigenvalue weighted by atomic mass is 10.1. The van der Waals surface area contributed by atoms with E-state index in [0.717, 1.165) is 62.7 Å². The molecule has 7 nitrogen and oxygen atoms in total. The number of hydrogen-bond donors (Lipinski definition) is 0. The zero-order valence-electron chi connectivity index (χ0n) is 18.3. The van der Waals surface area contributed by atoms with Gasteiger partial charge in [-0.1, -0.05) is 48.3 Å². The molecule has 0 N–H and O–H groups in total. The molecule has 0 spiro atoms. The normalized spacial score (nSPS) is 17.1. The number of piperazine rings is 1. The van der Waals surface area contributed by atoms with Crippen LogP contribution in [0.2, 0.25) is 0 Å². The van der Waals surface area contributed by atoms with Gasteiger partial charge in [0.2, 0.25) is 17.6 Å². The summed E-state index contributed by atoms with van der Waals surface area (Å²) in [7, 11) is 0. The predicted octanol–water partition coefficient (Wildman–Crippen LogP) is 4.07. The first-order valence-electron chi connectivity index (χ1n) is 11.6.